The van der Waals surface area contributed by atoms with Crippen molar-refractivity contribution in [1.29, 1.82) is 0 Å². The van der Waals surface area contributed by atoms with E-state index < -0.39 is 0 Å². The van der Waals surface area contributed by atoms with Gasteiger partial charge in [-0.25, -0.2) is 0 Å². The molecule has 1 amide bonds. The standard InChI is InChI=1S/C20H17ClN2O2/c21-18-10-19-17(15(12-24)11-22-19)9-16(18)14-4-2-13(3-5-14)8-20(25)23-6-1-7-23/h2-5,9-12,22H,1,6-8H2. The number of hydrogen-bond donors (Lipinski definition) is 1. The predicted octanol–water partition coefficient (Wildman–Crippen LogP) is 4.08. The van der Waals surface area contributed by atoms with Gasteiger partial charge in [0.1, 0.15) is 0 Å². The van der Waals surface area contributed by atoms with Crippen LogP contribution in [-0.4, -0.2) is 35.2 Å². The third-order valence-corrected chi connectivity index (χ3v) is 5.07. The van der Waals surface area contributed by atoms with Gasteiger partial charge in [-0.1, -0.05) is 35.9 Å². The highest BCUT2D eigenvalue weighted by molar-refractivity contribution is 6.34. The zero-order chi connectivity index (χ0) is 17.4. The molecule has 0 spiro atoms. The summed E-state index contributed by atoms with van der Waals surface area (Å²) in [6, 6.07) is 11.6. The number of likely N-dealkylation sites (tertiary alicyclic amines) is 1. The van der Waals surface area contributed by atoms with E-state index in [2.05, 4.69) is 4.98 Å². The van der Waals surface area contributed by atoms with Crippen LogP contribution in [0.15, 0.2) is 42.6 Å². The van der Waals surface area contributed by atoms with Crippen LogP contribution in [0.1, 0.15) is 22.3 Å². The minimum atomic E-state index is 0.182. The predicted molar refractivity (Wildman–Crippen MR) is 99.0 cm³/mol. The number of aromatic nitrogens is 1. The van der Waals surface area contributed by atoms with Gasteiger partial charge in [-0.2, -0.15) is 0 Å². The molecule has 4 nitrogen and oxygen atoms in total. The topological polar surface area (TPSA) is 53.2 Å². The van der Waals surface area contributed by atoms with E-state index in [1.54, 1.807) is 6.20 Å². The molecule has 5 heteroatoms. The number of hydrogen-bond acceptors (Lipinski definition) is 2. The van der Waals surface area contributed by atoms with Gasteiger partial charge in [0.2, 0.25) is 5.91 Å². The molecule has 4 rings (SSSR count). The van der Waals surface area contributed by atoms with E-state index in [9.17, 15) is 9.59 Å². The number of halogens is 1. The molecule has 1 saturated heterocycles. The fourth-order valence-corrected chi connectivity index (χ4v) is 3.41. The Kier molecular flexibility index (Phi) is 4.06. The molecular formula is C20H17ClN2O2. The van der Waals surface area contributed by atoms with Crippen molar-refractivity contribution in [3.8, 4) is 11.1 Å². The minimum absolute atomic E-state index is 0.182. The molecule has 0 radical (unpaired) electrons. The molecule has 0 atom stereocenters. The second-order valence-electron chi connectivity index (χ2n) is 6.35. The molecule has 126 valence electrons. The van der Waals surface area contributed by atoms with Crippen molar-refractivity contribution in [3.05, 3.63) is 58.7 Å². The van der Waals surface area contributed by atoms with Crippen molar-refractivity contribution in [1.82, 2.24) is 9.88 Å². The second kappa shape index (κ2) is 6.37. The molecule has 2 aromatic carbocycles. The number of rotatable bonds is 4. The van der Waals surface area contributed by atoms with E-state index in [0.717, 1.165) is 53.4 Å². The van der Waals surface area contributed by atoms with Gasteiger partial charge >= 0.3 is 0 Å². The second-order valence-corrected chi connectivity index (χ2v) is 6.75. The van der Waals surface area contributed by atoms with Gasteiger partial charge in [0, 0.05) is 41.3 Å². The molecule has 0 aliphatic carbocycles. The van der Waals surface area contributed by atoms with E-state index in [1.165, 1.54) is 0 Å². The molecule has 1 N–H and O–H groups in total. The van der Waals surface area contributed by atoms with Crippen LogP contribution in [0, 0.1) is 0 Å². The van der Waals surface area contributed by atoms with Crippen molar-refractivity contribution in [2.45, 2.75) is 12.8 Å². The van der Waals surface area contributed by atoms with E-state index in [4.69, 9.17) is 11.6 Å². The summed E-state index contributed by atoms with van der Waals surface area (Å²) in [7, 11) is 0. The molecule has 0 bridgehead atoms. The Morgan fingerprint density at radius 2 is 1.96 bits per heavy atom. The van der Waals surface area contributed by atoms with Crippen LogP contribution in [0.2, 0.25) is 5.02 Å². The first-order valence-corrected chi connectivity index (χ1v) is 8.66. The number of nitrogens with zero attached hydrogens (tertiary/aromatic N) is 1. The van der Waals surface area contributed by atoms with Crippen LogP contribution >= 0.6 is 11.6 Å². The Morgan fingerprint density at radius 3 is 2.60 bits per heavy atom. The Bertz CT molecular complexity index is 956. The highest BCUT2D eigenvalue weighted by atomic mass is 35.5. The maximum Gasteiger partial charge on any atom is 0.226 e. The van der Waals surface area contributed by atoms with Gasteiger partial charge in [0.05, 0.1) is 11.4 Å². The third kappa shape index (κ3) is 2.94. The van der Waals surface area contributed by atoms with Crippen molar-refractivity contribution in [2.24, 2.45) is 0 Å². The van der Waals surface area contributed by atoms with Gasteiger partial charge in [-0.05, 0) is 29.7 Å². The zero-order valence-electron chi connectivity index (χ0n) is 13.6. The lowest BCUT2D eigenvalue weighted by Gasteiger charge is -2.30. The van der Waals surface area contributed by atoms with E-state index in [0.29, 0.717) is 17.0 Å². The number of amides is 1. The highest BCUT2D eigenvalue weighted by Gasteiger charge is 2.20. The van der Waals surface area contributed by atoms with Crippen LogP contribution in [0.4, 0.5) is 0 Å². The largest absolute Gasteiger partial charge is 0.360 e. The van der Waals surface area contributed by atoms with Crippen molar-refractivity contribution < 1.29 is 9.59 Å². The Hall–Kier alpha value is -2.59. The SMILES string of the molecule is O=Cc1c[nH]c2cc(Cl)c(-c3ccc(CC(=O)N4CCC4)cc3)cc12. The minimum Gasteiger partial charge on any atom is -0.360 e. The van der Waals surface area contributed by atoms with Gasteiger partial charge in [0.25, 0.3) is 0 Å². The van der Waals surface area contributed by atoms with Crippen molar-refractivity contribution in [2.75, 3.05) is 13.1 Å². The summed E-state index contributed by atoms with van der Waals surface area (Å²) < 4.78 is 0. The molecule has 1 aromatic heterocycles. The average Bonchev–Trinajstić information content (AvgIpc) is 2.95. The van der Waals surface area contributed by atoms with E-state index in [-0.39, 0.29) is 5.91 Å². The van der Waals surface area contributed by atoms with Crippen LogP contribution in [-0.2, 0) is 11.2 Å². The van der Waals surface area contributed by atoms with E-state index >= 15 is 0 Å². The van der Waals surface area contributed by atoms with Crippen LogP contribution in [0.25, 0.3) is 22.0 Å². The van der Waals surface area contributed by atoms with E-state index in [1.807, 2.05) is 41.3 Å². The monoisotopic (exact) mass is 352 g/mol. The average molecular weight is 353 g/mol. The summed E-state index contributed by atoms with van der Waals surface area (Å²) in [6.45, 7) is 1.75. The summed E-state index contributed by atoms with van der Waals surface area (Å²) in [5, 5.41) is 1.47. The molecule has 1 aliphatic rings. The number of fused-ring (bicyclic) bond motifs is 1. The van der Waals surface area contributed by atoms with Gasteiger partial charge < -0.3 is 9.88 Å². The molecule has 1 aliphatic heterocycles. The number of carbonyl (C=O) groups excluding carboxylic acids is 2. The normalized spacial score (nSPS) is 13.7. The first kappa shape index (κ1) is 15.9. The molecule has 25 heavy (non-hydrogen) atoms. The van der Waals surface area contributed by atoms with Gasteiger partial charge in [-0.3, -0.25) is 9.59 Å². The quantitative estimate of drug-likeness (QED) is 0.719. The molecule has 0 unspecified atom stereocenters. The van der Waals surface area contributed by atoms with Crippen molar-refractivity contribution in [3.63, 3.8) is 0 Å². The third-order valence-electron chi connectivity index (χ3n) is 4.76. The highest BCUT2D eigenvalue weighted by Crippen LogP contribution is 2.33. The lowest BCUT2D eigenvalue weighted by Crippen LogP contribution is -2.42. The lowest BCUT2D eigenvalue weighted by atomic mass is 10.00. The fourth-order valence-electron chi connectivity index (χ4n) is 3.14. The summed E-state index contributed by atoms with van der Waals surface area (Å²) in [5.41, 5.74) is 4.29. The van der Waals surface area contributed by atoms with Crippen LogP contribution in [0.5, 0.6) is 0 Å². The molecule has 1 fully saturated rings. The first-order valence-electron chi connectivity index (χ1n) is 8.28. The first-order chi connectivity index (χ1) is 12.2. The number of nitrogens with one attached hydrogen (secondary N) is 1. The summed E-state index contributed by atoms with van der Waals surface area (Å²) in [4.78, 5) is 28.2. The number of aldehydes is 1. The number of carbonyl (C=O) groups is 2. The summed E-state index contributed by atoms with van der Waals surface area (Å²) in [6.07, 6.45) is 4.05. The van der Waals surface area contributed by atoms with Crippen molar-refractivity contribution >= 4 is 34.7 Å². The molecule has 3 aromatic rings. The number of benzene rings is 2. The summed E-state index contributed by atoms with van der Waals surface area (Å²) in [5.74, 6) is 0.182. The smallest absolute Gasteiger partial charge is 0.226 e. The Labute approximate surface area is 150 Å². The fraction of sp³-hybridized carbons (Fsp3) is 0.200. The molecule has 2 heterocycles. The number of H-pyrrole nitrogens is 1. The van der Waals surface area contributed by atoms with Gasteiger partial charge in [0.15, 0.2) is 6.29 Å². The van der Waals surface area contributed by atoms with Crippen LogP contribution < -0.4 is 0 Å². The summed E-state index contributed by atoms with van der Waals surface area (Å²) >= 11 is 6.41. The lowest BCUT2D eigenvalue weighted by molar-refractivity contribution is -0.133. The number of aromatic amines is 1. The zero-order valence-corrected chi connectivity index (χ0v) is 14.3. The Balaban J connectivity index is 1.63. The maximum absolute atomic E-state index is 12.1. The van der Waals surface area contributed by atoms with Gasteiger partial charge in [-0.15, -0.1) is 0 Å². The Morgan fingerprint density at radius 1 is 1.20 bits per heavy atom. The maximum atomic E-state index is 12.1. The van der Waals surface area contributed by atoms with Crippen LogP contribution in [0.3, 0.4) is 0 Å². The molecule has 0 saturated carbocycles. The molecular weight excluding hydrogens is 336 g/mol.